The molecule has 0 radical (unpaired) electrons. The second-order valence-electron chi connectivity index (χ2n) is 25.6. The van der Waals surface area contributed by atoms with Crippen molar-refractivity contribution < 1.29 is 24.5 Å². The number of rotatable bonds is 70. The molecule has 0 heterocycles. The summed E-state index contributed by atoms with van der Waals surface area (Å²) < 4.78 is 5.51. The Kier molecular flexibility index (Phi) is 69.4. The summed E-state index contributed by atoms with van der Waals surface area (Å²) in [6, 6.07) is -0.539. The molecule has 0 saturated carbocycles. The molecule has 2 atom stereocenters. The third-order valence-electron chi connectivity index (χ3n) is 17.5. The van der Waals surface area contributed by atoms with Crippen LogP contribution in [0, 0.1) is 0 Å². The van der Waals surface area contributed by atoms with E-state index in [0.29, 0.717) is 25.9 Å². The molecule has 0 rings (SSSR count). The van der Waals surface area contributed by atoms with Gasteiger partial charge >= 0.3 is 5.97 Å². The third-order valence-corrected chi connectivity index (χ3v) is 17.5. The zero-order valence-corrected chi connectivity index (χ0v) is 55.0. The molecular weight excluding hydrogens is 995 g/mol. The molecule has 6 heteroatoms. The standard InChI is InChI=1S/C75H145NO5/c1-3-5-7-9-11-13-15-17-19-20-37-41-45-49-53-57-61-65-69-75(80)81-70-66-62-58-54-50-46-42-38-35-33-31-29-27-25-23-21-22-24-26-28-30-32-34-36-40-44-48-52-56-60-64-68-74(79)76-72(71-77)73(78)67-63-59-55-51-47-43-39-18-16-14-12-10-8-6-4-2/h19-20,23,25,72-73,77-78H,3-18,21-22,24,26-71H2,1-2H3,(H,76,79)/b20-19-,25-23-. The number of aliphatic hydroxyl groups excluding tert-OH is 2. The zero-order valence-electron chi connectivity index (χ0n) is 55.0. The number of esters is 1. The molecule has 0 aromatic carbocycles. The summed E-state index contributed by atoms with van der Waals surface area (Å²) in [4.78, 5) is 24.6. The van der Waals surface area contributed by atoms with Crippen LogP contribution in [0.2, 0.25) is 0 Å². The van der Waals surface area contributed by atoms with Gasteiger partial charge in [-0.05, 0) is 77.0 Å². The van der Waals surface area contributed by atoms with Crippen molar-refractivity contribution in [2.45, 2.75) is 431 Å². The number of hydrogen-bond donors (Lipinski definition) is 3. The van der Waals surface area contributed by atoms with Crippen LogP contribution in [0.4, 0.5) is 0 Å². The van der Waals surface area contributed by atoms with Crippen LogP contribution >= 0.6 is 0 Å². The van der Waals surface area contributed by atoms with E-state index in [-0.39, 0.29) is 18.5 Å². The van der Waals surface area contributed by atoms with E-state index in [1.165, 1.54) is 340 Å². The summed E-state index contributed by atoms with van der Waals surface area (Å²) in [5.74, 6) is -0.0141. The lowest BCUT2D eigenvalue weighted by Crippen LogP contribution is -2.45. The first-order valence-electron chi connectivity index (χ1n) is 37.1. The molecule has 0 spiro atoms. The Balaban J connectivity index is 3.34. The van der Waals surface area contributed by atoms with Gasteiger partial charge in [0.15, 0.2) is 0 Å². The van der Waals surface area contributed by atoms with Gasteiger partial charge in [0.05, 0.1) is 25.4 Å². The first-order chi connectivity index (χ1) is 40.0. The van der Waals surface area contributed by atoms with Crippen molar-refractivity contribution in [1.29, 1.82) is 0 Å². The Morgan fingerprint density at radius 3 is 0.877 bits per heavy atom. The molecule has 6 nitrogen and oxygen atoms in total. The topological polar surface area (TPSA) is 95.9 Å². The van der Waals surface area contributed by atoms with Gasteiger partial charge in [0.1, 0.15) is 0 Å². The van der Waals surface area contributed by atoms with E-state index >= 15 is 0 Å². The lowest BCUT2D eigenvalue weighted by molar-refractivity contribution is -0.143. The van der Waals surface area contributed by atoms with Gasteiger partial charge in [0.25, 0.3) is 0 Å². The van der Waals surface area contributed by atoms with E-state index in [1.807, 2.05) is 0 Å². The summed E-state index contributed by atoms with van der Waals surface area (Å²) in [5.41, 5.74) is 0. The molecule has 3 N–H and O–H groups in total. The monoisotopic (exact) mass is 1140 g/mol. The van der Waals surface area contributed by atoms with Crippen LogP contribution in [0.15, 0.2) is 24.3 Å². The maximum atomic E-state index is 12.5. The number of amides is 1. The number of carbonyl (C=O) groups excluding carboxylic acids is 2. The molecule has 0 aliphatic carbocycles. The van der Waals surface area contributed by atoms with Gasteiger partial charge in [-0.15, -0.1) is 0 Å². The number of aliphatic hydroxyl groups is 2. The molecule has 0 aliphatic rings. The Bertz CT molecular complexity index is 1270. The number of unbranched alkanes of at least 4 members (excludes halogenated alkanes) is 55. The summed E-state index contributed by atoms with van der Waals surface area (Å²) in [5, 5.41) is 23.3. The fourth-order valence-corrected chi connectivity index (χ4v) is 11.8. The maximum Gasteiger partial charge on any atom is 0.305 e. The van der Waals surface area contributed by atoms with Crippen LogP contribution in [-0.2, 0) is 14.3 Å². The molecule has 0 saturated heterocycles. The van der Waals surface area contributed by atoms with Gasteiger partial charge in [-0.3, -0.25) is 9.59 Å². The summed E-state index contributed by atoms with van der Waals surface area (Å²) in [6.07, 6.45) is 89.6. The highest BCUT2D eigenvalue weighted by atomic mass is 16.5. The maximum absolute atomic E-state index is 12.5. The predicted octanol–water partition coefficient (Wildman–Crippen LogP) is 24.1. The molecule has 81 heavy (non-hydrogen) atoms. The van der Waals surface area contributed by atoms with Gasteiger partial charge in [0.2, 0.25) is 5.91 Å². The van der Waals surface area contributed by atoms with E-state index in [9.17, 15) is 19.8 Å². The van der Waals surface area contributed by atoms with Crippen molar-refractivity contribution in [2.75, 3.05) is 13.2 Å². The minimum atomic E-state index is -0.662. The van der Waals surface area contributed by atoms with Crippen LogP contribution in [0.25, 0.3) is 0 Å². The molecule has 0 aromatic rings. The summed E-state index contributed by atoms with van der Waals surface area (Å²) in [6.45, 7) is 4.99. The van der Waals surface area contributed by atoms with E-state index in [0.717, 1.165) is 44.9 Å². The van der Waals surface area contributed by atoms with Crippen molar-refractivity contribution in [1.82, 2.24) is 5.32 Å². The normalized spacial score (nSPS) is 12.6. The Labute approximate surface area is 507 Å². The van der Waals surface area contributed by atoms with Crippen molar-refractivity contribution in [3.05, 3.63) is 24.3 Å². The zero-order chi connectivity index (χ0) is 58.5. The lowest BCUT2D eigenvalue weighted by atomic mass is 10.0. The highest BCUT2D eigenvalue weighted by Crippen LogP contribution is 2.19. The van der Waals surface area contributed by atoms with E-state index in [1.54, 1.807) is 0 Å². The van der Waals surface area contributed by atoms with Crippen LogP contribution in [0.3, 0.4) is 0 Å². The molecule has 0 aromatic heterocycles. The van der Waals surface area contributed by atoms with Crippen molar-refractivity contribution in [2.24, 2.45) is 0 Å². The average Bonchev–Trinajstić information content (AvgIpc) is 3.47. The van der Waals surface area contributed by atoms with Crippen LogP contribution in [0.5, 0.6) is 0 Å². The molecule has 0 bridgehead atoms. The molecule has 1 amide bonds. The van der Waals surface area contributed by atoms with Crippen LogP contribution < -0.4 is 5.32 Å². The number of carbonyl (C=O) groups is 2. The quantitative estimate of drug-likeness (QED) is 0.0320. The van der Waals surface area contributed by atoms with Crippen LogP contribution in [0.1, 0.15) is 418 Å². The van der Waals surface area contributed by atoms with Gasteiger partial charge in [0, 0.05) is 12.8 Å². The lowest BCUT2D eigenvalue weighted by Gasteiger charge is -2.22. The van der Waals surface area contributed by atoms with Crippen molar-refractivity contribution >= 4 is 11.9 Å². The highest BCUT2D eigenvalue weighted by molar-refractivity contribution is 5.76. The summed E-state index contributed by atoms with van der Waals surface area (Å²) >= 11 is 0. The SMILES string of the molecule is CCCCCCCCC/C=C\CCCCCCCCCC(=O)OCCCCCCCCCCCCCC/C=C\CCCCCCCCCCCCCCCCCC(=O)NC(CO)C(O)CCCCCCCCCCCCCCCCC. The average molecular weight is 1140 g/mol. The first-order valence-corrected chi connectivity index (χ1v) is 37.1. The molecular formula is C75H145NO5. The van der Waals surface area contributed by atoms with Gasteiger partial charge < -0.3 is 20.3 Å². The Morgan fingerprint density at radius 2 is 0.580 bits per heavy atom. The molecule has 0 aliphatic heterocycles. The predicted molar refractivity (Wildman–Crippen MR) is 356 cm³/mol. The largest absolute Gasteiger partial charge is 0.466 e. The molecule has 2 unspecified atom stereocenters. The van der Waals surface area contributed by atoms with Crippen molar-refractivity contribution in [3.63, 3.8) is 0 Å². The number of nitrogens with one attached hydrogen (secondary N) is 1. The van der Waals surface area contributed by atoms with Gasteiger partial charge in [-0.25, -0.2) is 0 Å². The Morgan fingerprint density at radius 1 is 0.333 bits per heavy atom. The third kappa shape index (κ3) is 67.3. The van der Waals surface area contributed by atoms with Gasteiger partial charge in [-0.1, -0.05) is 353 Å². The molecule has 0 fully saturated rings. The number of allylic oxidation sites excluding steroid dienone is 4. The minimum Gasteiger partial charge on any atom is -0.466 e. The smallest absolute Gasteiger partial charge is 0.305 e. The minimum absolute atomic E-state index is 0.0156. The fourth-order valence-electron chi connectivity index (χ4n) is 11.8. The summed E-state index contributed by atoms with van der Waals surface area (Å²) in [7, 11) is 0. The highest BCUT2D eigenvalue weighted by Gasteiger charge is 2.20. The number of ether oxygens (including phenoxy) is 1. The van der Waals surface area contributed by atoms with E-state index in [2.05, 4.69) is 43.5 Å². The molecule has 480 valence electrons. The Hall–Kier alpha value is -1.66. The second-order valence-corrected chi connectivity index (χ2v) is 25.6. The van der Waals surface area contributed by atoms with E-state index < -0.39 is 12.1 Å². The number of hydrogen-bond acceptors (Lipinski definition) is 5. The first kappa shape index (κ1) is 79.3. The van der Waals surface area contributed by atoms with E-state index in [4.69, 9.17) is 4.74 Å². The van der Waals surface area contributed by atoms with Crippen molar-refractivity contribution in [3.8, 4) is 0 Å². The fraction of sp³-hybridized carbons (Fsp3) is 0.920. The van der Waals surface area contributed by atoms with Gasteiger partial charge in [-0.2, -0.15) is 0 Å². The van der Waals surface area contributed by atoms with Crippen LogP contribution in [-0.4, -0.2) is 47.4 Å². The second kappa shape index (κ2) is 70.8.